The summed E-state index contributed by atoms with van der Waals surface area (Å²) in [5, 5.41) is 14.6. The Balaban J connectivity index is 2.11. The normalized spacial score (nSPS) is 12.6. The number of hydrogen-bond acceptors (Lipinski definition) is 3. The van der Waals surface area contributed by atoms with Crippen LogP contribution < -0.4 is 0 Å². The zero-order valence-corrected chi connectivity index (χ0v) is 12.2. The first kappa shape index (κ1) is 14.2. The molecule has 0 aliphatic rings. The van der Waals surface area contributed by atoms with E-state index in [2.05, 4.69) is 31.1 Å². The Labute approximate surface area is 118 Å². The van der Waals surface area contributed by atoms with E-state index in [1.807, 2.05) is 23.0 Å². The third-order valence-corrected chi connectivity index (χ3v) is 3.82. The Hall–Kier alpha value is -1.26. The number of thioether (sulfide) groups is 1. The molecule has 1 aromatic heterocycles. The second-order valence-corrected chi connectivity index (χ2v) is 5.78. The number of aryl methyl sites for hydroxylation is 1. The molecule has 0 saturated heterocycles. The quantitative estimate of drug-likeness (QED) is 0.821. The average molecular weight is 276 g/mol. The van der Waals surface area contributed by atoms with Crippen LogP contribution in [0.2, 0.25) is 0 Å². The Morgan fingerprint density at radius 2 is 1.95 bits per heavy atom. The summed E-state index contributed by atoms with van der Waals surface area (Å²) in [7, 11) is 0. The van der Waals surface area contributed by atoms with Gasteiger partial charge >= 0.3 is 0 Å². The molecule has 19 heavy (non-hydrogen) atoms. The Morgan fingerprint density at radius 1 is 1.21 bits per heavy atom. The number of nitrogens with zero attached hydrogens (tertiary/aromatic N) is 2. The molecule has 0 aliphatic heterocycles. The van der Waals surface area contributed by atoms with Crippen molar-refractivity contribution < 1.29 is 5.11 Å². The fourth-order valence-electron chi connectivity index (χ4n) is 1.98. The molecule has 102 valence electrons. The van der Waals surface area contributed by atoms with E-state index in [1.165, 1.54) is 4.90 Å². The highest BCUT2D eigenvalue weighted by Crippen LogP contribution is 2.24. The molecule has 3 nitrogen and oxygen atoms in total. The number of benzene rings is 1. The number of rotatable bonds is 6. The fraction of sp³-hybridized carbons (Fsp3) is 0.400. The van der Waals surface area contributed by atoms with Gasteiger partial charge in [-0.25, -0.2) is 0 Å². The van der Waals surface area contributed by atoms with E-state index in [0.29, 0.717) is 0 Å². The highest BCUT2D eigenvalue weighted by atomic mass is 32.2. The topological polar surface area (TPSA) is 38.0 Å². The smallest absolute Gasteiger partial charge is 0.107 e. The van der Waals surface area contributed by atoms with E-state index in [-0.39, 0.29) is 0 Å². The summed E-state index contributed by atoms with van der Waals surface area (Å²) in [5.41, 5.74) is 1.76. The summed E-state index contributed by atoms with van der Waals surface area (Å²) >= 11 is 1.80. The van der Waals surface area contributed by atoms with Crippen molar-refractivity contribution in [1.29, 1.82) is 0 Å². The molecule has 2 rings (SSSR count). The van der Waals surface area contributed by atoms with Crippen molar-refractivity contribution in [2.75, 3.05) is 5.75 Å². The molecule has 0 radical (unpaired) electrons. The average Bonchev–Trinajstić information content (AvgIpc) is 2.88. The molecule has 0 amide bonds. The molecule has 0 aliphatic carbocycles. The van der Waals surface area contributed by atoms with Gasteiger partial charge in [0.25, 0.3) is 0 Å². The van der Waals surface area contributed by atoms with Gasteiger partial charge in [-0.15, -0.1) is 11.8 Å². The maximum absolute atomic E-state index is 10.3. The molecule has 1 heterocycles. The van der Waals surface area contributed by atoms with Crippen LogP contribution in [0, 0.1) is 0 Å². The van der Waals surface area contributed by atoms with E-state index in [4.69, 9.17) is 0 Å². The van der Waals surface area contributed by atoms with Gasteiger partial charge in [-0.05, 0) is 29.9 Å². The van der Waals surface area contributed by atoms with Gasteiger partial charge in [0, 0.05) is 23.2 Å². The summed E-state index contributed by atoms with van der Waals surface area (Å²) in [6.07, 6.45) is 4.11. The SMILES string of the molecule is CCCn1cc(C(O)c2ccc(SCC)cc2)cn1. The van der Waals surface area contributed by atoms with E-state index >= 15 is 0 Å². The number of aromatic nitrogens is 2. The van der Waals surface area contributed by atoms with Crippen LogP contribution in [0.15, 0.2) is 41.6 Å². The molecule has 0 fully saturated rings. The van der Waals surface area contributed by atoms with Gasteiger partial charge in [0.1, 0.15) is 6.10 Å². The van der Waals surface area contributed by atoms with E-state index in [9.17, 15) is 5.11 Å². The third kappa shape index (κ3) is 3.61. The summed E-state index contributed by atoms with van der Waals surface area (Å²) < 4.78 is 1.87. The van der Waals surface area contributed by atoms with Crippen molar-refractivity contribution in [3.8, 4) is 0 Å². The van der Waals surface area contributed by atoms with Crippen LogP contribution >= 0.6 is 11.8 Å². The summed E-state index contributed by atoms with van der Waals surface area (Å²) in [5.74, 6) is 1.06. The molecule has 1 atom stereocenters. The predicted molar refractivity (Wildman–Crippen MR) is 79.4 cm³/mol. The maximum atomic E-state index is 10.3. The lowest BCUT2D eigenvalue weighted by molar-refractivity contribution is 0.220. The Bertz CT molecular complexity index is 507. The van der Waals surface area contributed by atoms with Crippen LogP contribution in [0.1, 0.15) is 37.5 Å². The molecule has 4 heteroatoms. The molecule has 1 aromatic carbocycles. The van der Waals surface area contributed by atoms with Gasteiger partial charge in [0.15, 0.2) is 0 Å². The van der Waals surface area contributed by atoms with Gasteiger partial charge < -0.3 is 5.11 Å². The van der Waals surface area contributed by atoms with Crippen molar-refractivity contribution >= 4 is 11.8 Å². The van der Waals surface area contributed by atoms with Gasteiger partial charge in [-0.1, -0.05) is 26.0 Å². The molecular formula is C15H20N2OS. The van der Waals surface area contributed by atoms with Crippen molar-refractivity contribution in [2.24, 2.45) is 0 Å². The second-order valence-electron chi connectivity index (χ2n) is 4.44. The van der Waals surface area contributed by atoms with E-state index in [1.54, 1.807) is 18.0 Å². The molecule has 2 aromatic rings. The minimum atomic E-state index is -0.591. The molecule has 1 N–H and O–H groups in total. The molecule has 1 unspecified atom stereocenters. The van der Waals surface area contributed by atoms with Crippen molar-refractivity contribution in [1.82, 2.24) is 9.78 Å². The van der Waals surface area contributed by atoms with Crippen molar-refractivity contribution in [3.63, 3.8) is 0 Å². The van der Waals surface area contributed by atoms with Crippen LogP contribution in [-0.2, 0) is 6.54 Å². The van der Waals surface area contributed by atoms with Crippen LogP contribution in [0.5, 0.6) is 0 Å². The minimum absolute atomic E-state index is 0.591. The highest BCUT2D eigenvalue weighted by Gasteiger charge is 2.12. The molecule has 0 saturated carbocycles. The standard InChI is InChI=1S/C15H20N2OS/c1-3-9-17-11-13(10-16-17)15(18)12-5-7-14(8-6-12)19-4-2/h5-8,10-11,15,18H,3-4,9H2,1-2H3. The first-order valence-electron chi connectivity index (χ1n) is 6.67. The third-order valence-electron chi connectivity index (χ3n) is 2.93. The number of hydrogen-bond donors (Lipinski definition) is 1. The van der Waals surface area contributed by atoms with E-state index in [0.717, 1.165) is 29.8 Å². The number of aliphatic hydroxyl groups is 1. The monoisotopic (exact) mass is 276 g/mol. The number of aliphatic hydroxyl groups excluding tert-OH is 1. The fourth-order valence-corrected chi connectivity index (χ4v) is 2.64. The minimum Gasteiger partial charge on any atom is -0.384 e. The van der Waals surface area contributed by atoms with Crippen LogP contribution in [0.4, 0.5) is 0 Å². The largest absolute Gasteiger partial charge is 0.384 e. The molecule has 0 spiro atoms. The maximum Gasteiger partial charge on any atom is 0.107 e. The van der Waals surface area contributed by atoms with Crippen LogP contribution in [0.3, 0.4) is 0 Å². The van der Waals surface area contributed by atoms with Crippen LogP contribution in [0.25, 0.3) is 0 Å². The lowest BCUT2D eigenvalue weighted by atomic mass is 10.1. The first-order valence-corrected chi connectivity index (χ1v) is 7.66. The zero-order valence-electron chi connectivity index (χ0n) is 11.4. The highest BCUT2D eigenvalue weighted by molar-refractivity contribution is 7.99. The lowest BCUT2D eigenvalue weighted by Gasteiger charge is -2.09. The molecule has 0 bridgehead atoms. The first-order chi connectivity index (χ1) is 9.24. The Morgan fingerprint density at radius 3 is 2.58 bits per heavy atom. The van der Waals surface area contributed by atoms with Crippen molar-refractivity contribution in [2.45, 2.75) is 37.8 Å². The van der Waals surface area contributed by atoms with Crippen LogP contribution in [-0.4, -0.2) is 20.6 Å². The second kappa shape index (κ2) is 6.78. The lowest BCUT2D eigenvalue weighted by Crippen LogP contribution is -1.99. The molecular weight excluding hydrogens is 256 g/mol. The summed E-state index contributed by atoms with van der Waals surface area (Å²) in [6.45, 7) is 5.14. The van der Waals surface area contributed by atoms with E-state index < -0.39 is 6.10 Å². The van der Waals surface area contributed by atoms with Gasteiger partial charge in [0.05, 0.1) is 6.20 Å². The summed E-state index contributed by atoms with van der Waals surface area (Å²) in [6, 6.07) is 8.09. The summed E-state index contributed by atoms with van der Waals surface area (Å²) in [4.78, 5) is 1.24. The Kier molecular flexibility index (Phi) is 5.05. The van der Waals surface area contributed by atoms with Crippen molar-refractivity contribution in [3.05, 3.63) is 47.8 Å². The predicted octanol–water partition coefficient (Wildman–Crippen LogP) is 3.49. The van der Waals surface area contributed by atoms with Gasteiger partial charge in [-0.3, -0.25) is 4.68 Å². The van der Waals surface area contributed by atoms with Gasteiger partial charge in [0.2, 0.25) is 0 Å². The van der Waals surface area contributed by atoms with Gasteiger partial charge in [-0.2, -0.15) is 5.10 Å². The zero-order chi connectivity index (χ0) is 13.7.